The minimum atomic E-state index is -0.718. The number of hydrogen-bond acceptors (Lipinski definition) is 5. The van der Waals surface area contributed by atoms with Crippen LogP contribution in [0.2, 0.25) is 0 Å². The number of aromatic nitrogens is 2. The Kier molecular flexibility index (Phi) is 3.43. The predicted molar refractivity (Wildman–Crippen MR) is 71.1 cm³/mol. The number of benzene rings is 1. The number of primary amides is 1. The number of aryl methyl sites for hydroxylation is 1. The minimum Gasteiger partial charge on any atom is -0.392 e. The summed E-state index contributed by atoms with van der Waals surface area (Å²) in [5.74, 6) is -0.698. The number of nitrogens with two attached hydrogens (primary N) is 2. The van der Waals surface area contributed by atoms with Crippen LogP contribution in [0, 0.1) is 6.92 Å². The summed E-state index contributed by atoms with van der Waals surface area (Å²) >= 11 is 0. The van der Waals surface area contributed by atoms with E-state index in [4.69, 9.17) is 16.6 Å². The molecule has 0 aliphatic carbocycles. The van der Waals surface area contributed by atoms with Crippen LogP contribution in [0.3, 0.4) is 0 Å². The van der Waals surface area contributed by atoms with Gasteiger partial charge in [-0.25, -0.2) is 9.97 Å². The zero-order valence-electron chi connectivity index (χ0n) is 10.4. The van der Waals surface area contributed by atoms with E-state index in [-0.39, 0.29) is 18.1 Å². The molecule has 1 amide bonds. The van der Waals surface area contributed by atoms with Gasteiger partial charge in [-0.2, -0.15) is 0 Å². The van der Waals surface area contributed by atoms with Gasteiger partial charge in [-0.15, -0.1) is 0 Å². The van der Waals surface area contributed by atoms with Gasteiger partial charge < -0.3 is 16.6 Å². The van der Waals surface area contributed by atoms with Crippen LogP contribution in [-0.4, -0.2) is 21.0 Å². The zero-order chi connectivity index (χ0) is 14.0. The van der Waals surface area contributed by atoms with Gasteiger partial charge in [0.1, 0.15) is 0 Å². The molecular formula is C13H14N4O2. The van der Waals surface area contributed by atoms with Crippen molar-refractivity contribution in [3.8, 4) is 11.3 Å². The Labute approximate surface area is 110 Å². The Balaban J connectivity index is 2.61. The molecule has 2 aromatic rings. The van der Waals surface area contributed by atoms with E-state index in [0.29, 0.717) is 11.4 Å². The quantitative estimate of drug-likeness (QED) is 0.746. The molecule has 0 atom stereocenters. The van der Waals surface area contributed by atoms with Crippen LogP contribution in [0.15, 0.2) is 24.3 Å². The van der Waals surface area contributed by atoms with E-state index in [9.17, 15) is 4.79 Å². The van der Waals surface area contributed by atoms with Crippen molar-refractivity contribution in [3.05, 3.63) is 41.2 Å². The van der Waals surface area contributed by atoms with Crippen LogP contribution in [0.5, 0.6) is 0 Å². The topological polar surface area (TPSA) is 115 Å². The average molecular weight is 258 g/mol. The van der Waals surface area contributed by atoms with Gasteiger partial charge in [-0.05, 0) is 18.6 Å². The lowest BCUT2D eigenvalue weighted by molar-refractivity contribution is 0.0996. The van der Waals surface area contributed by atoms with Crippen LogP contribution in [0.25, 0.3) is 11.3 Å². The number of nitrogens with zero attached hydrogens (tertiary/aromatic N) is 2. The van der Waals surface area contributed by atoms with Crippen molar-refractivity contribution in [1.29, 1.82) is 0 Å². The summed E-state index contributed by atoms with van der Waals surface area (Å²) in [7, 11) is 0. The molecule has 1 aromatic carbocycles. The Hall–Kier alpha value is -2.47. The third kappa shape index (κ3) is 2.53. The van der Waals surface area contributed by atoms with Gasteiger partial charge in [-0.3, -0.25) is 4.79 Å². The molecule has 0 saturated heterocycles. The molecule has 19 heavy (non-hydrogen) atoms. The van der Waals surface area contributed by atoms with Crippen molar-refractivity contribution in [1.82, 2.24) is 9.97 Å². The highest BCUT2D eigenvalue weighted by Gasteiger charge is 2.14. The summed E-state index contributed by atoms with van der Waals surface area (Å²) in [4.78, 5) is 19.5. The monoisotopic (exact) mass is 258 g/mol. The molecule has 0 spiro atoms. The summed E-state index contributed by atoms with van der Waals surface area (Å²) in [6.07, 6.45) is 0. The van der Waals surface area contributed by atoms with E-state index >= 15 is 0 Å². The second-order valence-corrected chi connectivity index (χ2v) is 4.11. The molecule has 6 nitrogen and oxygen atoms in total. The smallest absolute Gasteiger partial charge is 0.271 e. The number of anilines is 1. The highest BCUT2D eigenvalue weighted by molar-refractivity contribution is 5.95. The normalized spacial score (nSPS) is 10.4. The van der Waals surface area contributed by atoms with Gasteiger partial charge in [-0.1, -0.05) is 18.2 Å². The number of aliphatic hydroxyl groups excluding tert-OH is 1. The first-order valence-corrected chi connectivity index (χ1v) is 5.67. The van der Waals surface area contributed by atoms with Crippen LogP contribution in [0.4, 0.5) is 5.82 Å². The van der Waals surface area contributed by atoms with Gasteiger partial charge >= 0.3 is 0 Å². The van der Waals surface area contributed by atoms with Crippen LogP contribution < -0.4 is 11.5 Å². The molecule has 6 heteroatoms. The number of carbonyl (C=O) groups excluding carboxylic acids is 1. The van der Waals surface area contributed by atoms with E-state index in [1.165, 1.54) is 0 Å². The van der Waals surface area contributed by atoms with E-state index in [1.807, 2.05) is 6.07 Å². The van der Waals surface area contributed by atoms with E-state index in [0.717, 1.165) is 11.1 Å². The van der Waals surface area contributed by atoms with E-state index in [1.54, 1.807) is 25.1 Å². The maximum Gasteiger partial charge on any atom is 0.271 e. The van der Waals surface area contributed by atoms with Gasteiger partial charge in [0, 0.05) is 5.56 Å². The molecule has 98 valence electrons. The standard InChI is InChI=1S/C13H14N4O2/c1-7-10(9-4-2-3-8(5-9)6-18)17-11(13(15)19)12(14)16-7/h2-5,18H,6H2,1H3,(H2,14,16)(H2,15,19). The van der Waals surface area contributed by atoms with Crippen molar-refractivity contribution in [2.45, 2.75) is 13.5 Å². The molecule has 0 unspecified atom stereocenters. The van der Waals surface area contributed by atoms with Crippen LogP contribution >= 0.6 is 0 Å². The Bertz CT molecular complexity index is 641. The first-order valence-electron chi connectivity index (χ1n) is 5.67. The number of carbonyl (C=O) groups is 1. The molecular weight excluding hydrogens is 244 g/mol. The van der Waals surface area contributed by atoms with E-state index in [2.05, 4.69) is 9.97 Å². The van der Waals surface area contributed by atoms with Gasteiger partial charge in [0.25, 0.3) is 5.91 Å². The second-order valence-electron chi connectivity index (χ2n) is 4.11. The summed E-state index contributed by atoms with van der Waals surface area (Å²) in [5.41, 5.74) is 13.4. The van der Waals surface area contributed by atoms with Crippen LogP contribution in [0.1, 0.15) is 21.7 Å². The molecule has 1 aromatic heterocycles. The van der Waals surface area contributed by atoms with Gasteiger partial charge in [0.2, 0.25) is 0 Å². The Morgan fingerprint density at radius 3 is 2.74 bits per heavy atom. The summed E-state index contributed by atoms with van der Waals surface area (Å²) in [6.45, 7) is 1.67. The molecule has 1 heterocycles. The van der Waals surface area contributed by atoms with Gasteiger partial charge in [0.05, 0.1) is 18.0 Å². The third-order valence-corrected chi connectivity index (χ3v) is 2.71. The minimum absolute atomic E-state index is 0.0204. The number of aliphatic hydroxyl groups is 1. The third-order valence-electron chi connectivity index (χ3n) is 2.71. The molecule has 0 bridgehead atoms. The van der Waals surface area contributed by atoms with Crippen molar-refractivity contribution >= 4 is 11.7 Å². The Morgan fingerprint density at radius 1 is 1.37 bits per heavy atom. The van der Waals surface area contributed by atoms with Crippen LogP contribution in [-0.2, 0) is 6.61 Å². The summed E-state index contributed by atoms with van der Waals surface area (Å²) < 4.78 is 0. The highest BCUT2D eigenvalue weighted by atomic mass is 16.3. The molecule has 0 aliphatic heterocycles. The maximum absolute atomic E-state index is 11.2. The van der Waals surface area contributed by atoms with Crippen molar-refractivity contribution in [3.63, 3.8) is 0 Å². The lowest BCUT2D eigenvalue weighted by Gasteiger charge is -2.09. The number of rotatable bonds is 3. The molecule has 0 saturated carbocycles. The van der Waals surface area contributed by atoms with Crippen molar-refractivity contribution in [2.75, 3.05) is 5.73 Å². The number of hydrogen-bond donors (Lipinski definition) is 3. The maximum atomic E-state index is 11.2. The second kappa shape index (κ2) is 5.03. The summed E-state index contributed by atoms with van der Waals surface area (Å²) in [6, 6.07) is 7.18. The van der Waals surface area contributed by atoms with Crippen molar-refractivity contribution in [2.24, 2.45) is 5.73 Å². The molecule has 5 N–H and O–H groups in total. The average Bonchev–Trinajstić information content (AvgIpc) is 2.38. The largest absolute Gasteiger partial charge is 0.392 e. The lowest BCUT2D eigenvalue weighted by Crippen LogP contribution is -2.17. The predicted octanol–water partition coefficient (Wildman–Crippen LogP) is 0.625. The lowest BCUT2D eigenvalue weighted by atomic mass is 10.1. The summed E-state index contributed by atoms with van der Waals surface area (Å²) in [5, 5.41) is 9.14. The highest BCUT2D eigenvalue weighted by Crippen LogP contribution is 2.23. The molecule has 0 aliphatic rings. The van der Waals surface area contributed by atoms with Crippen molar-refractivity contribution < 1.29 is 9.90 Å². The van der Waals surface area contributed by atoms with E-state index < -0.39 is 5.91 Å². The fourth-order valence-corrected chi connectivity index (χ4v) is 1.81. The zero-order valence-corrected chi connectivity index (χ0v) is 10.4. The molecule has 2 rings (SSSR count). The first kappa shape index (κ1) is 13.0. The SMILES string of the molecule is Cc1nc(N)c(C(N)=O)nc1-c1cccc(CO)c1. The number of amides is 1. The molecule has 0 fully saturated rings. The fourth-order valence-electron chi connectivity index (χ4n) is 1.81. The molecule has 0 radical (unpaired) electrons. The van der Waals surface area contributed by atoms with Gasteiger partial charge in [0.15, 0.2) is 11.5 Å². The fraction of sp³-hybridized carbons (Fsp3) is 0.154. The Morgan fingerprint density at radius 2 is 2.11 bits per heavy atom. The first-order chi connectivity index (χ1) is 9.02. The number of nitrogen functional groups attached to an aromatic ring is 1.